The zero-order chi connectivity index (χ0) is 58.3. The number of anilines is 12. The topological polar surface area (TPSA) is 13.0 Å². The van der Waals surface area contributed by atoms with E-state index in [0.29, 0.717) is 0 Å². The molecule has 0 saturated carbocycles. The Balaban J connectivity index is 0.755. The molecular weight excluding hydrogens is 1060 g/mol. The van der Waals surface area contributed by atoms with Crippen molar-refractivity contribution in [2.45, 2.75) is 0 Å². The van der Waals surface area contributed by atoms with Crippen molar-refractivity contribution in [2.24, 2.45) is 0 Å². The van der Waals surface area contributed by atoms with Crippen molar-refractivity contribution in [3.8, 4) is 11.1 Å². The molecule has 0 atom stereocenters. The van der Waals surface area contributed by atoms with Crippen molar-refractivity contribution in [1.82, 2.24) is 0 Å². The van der Waals surface area contributed by atoms with Crippen LogP contribution in [0.15, 0.2) is 352 Å². The Hall–Kier alpha value is -11.7. The molecule has 0 aliphatic carbocycles. The molecule has 16 rings (SSSR count). The van der Waals surface area contributed by atoms with Gasteiger partial charge in [-0.15, -0.1) is 0 Å². The fourth-order valence-electron chi connectivity index (χ4n) is 13.1. The highest BCUT2D eigenvalue weighted by Crippen LogP contribution is 2.47. The Morgan fingerprint density at radius 1 is 0.136 bits per heavy atom. The minimum Gasteiger partial charge on any atom is -0.310 e. The summed E-state index contributed by atoms with van der Waals surface area (Å²) in [6.07, 6.45) is 0. The standard InChI is InChI=1S/C84H58N4/c1-3-23-67-57-75(47-41-59(67)17-1)85(71-49-53-73(54-50-71)87(81-33-13-25-63-19-5-9-29-77(63)81)82-34-14-26-64-20-6-10-30-78(64)82)69-43-37-61(38-44-69)62-39-45-70(46-40-62)86(76-48-42-60-18-2-4-24-68(60)58-76)72-51-55-74(56-52-72)88(83-35-15-27-65-21-7-11-31-79(65)83)84-36-16-28-66-22-8-12-32-80(66)84/h1-58H. The van der Waals surface area contributed by atoms with Gasteiger partial charge in [0, 0.05) is 67.0 Å². The summed E-state index contributed by atoms with van der Waals surface area (Å²) in [5.74, 6) is 0. The van der Waals surface area contributed by atoms with Gasteiger partial charge in [0.15, 0.2) is 0 Å². The van der Waals surface area contributed by atoms with E-state index in [1.54, 1.807) is 0 Å². The number of fused-ring (bicyclic) bond motifs is 6. The second-order valence-electron chi connectivity index (χ2n) is 22.5. The van der Waals surface area contributed by atoms with Crippen molar-refractivity contribution < 1.29 is 0 Å². The molecule has 0 unspecified atom stereocenters. The first kappa shape index (κ1) is 51.9. The smallest absolute Gasteiger partial charge is 0.0540 e. The van der Waals surface area contributed by atoms with Crippen LogP contribution in [0.2, 0.25) is 0 Å². The lowest BCUT2D eigenvalue weighted by Gasteiger charge is -2.30. The third kappa shape index (κ3) is 9.56. The Morgan fingerprint density at radius 2 is 0.352 bits per heavy atom. The average Bonchev–Trinajstić information content (AvgIpc) is 3.48. The van der Waals surface area contributed by atoms with E-state index in [-0.39, 0.29) is 0 Å². The summed E-state index contributed by atoms with van der Waals surface area (Å²) in [5.41, 5.74) is 15.3. The van der Waals surface area contributed by atoms with Gasteiger partial charge in [-0.25, -0.2) is 0 Å². The molecule has 88 heavy (non-hydrogen) atoms. The van der Waals surface area contributed by atoms with E-state index in [1.165, 1.54) is 64.6 Å². The Labute approximate surface area is 512 Å². The van der Waals surface area contributed by atoms with Crippen molar-refractivity contribution in [2.75, 3.05) is 19.6 Å². The summed E-state index contributed by atoms with van der Waals surface area (Å²) < 4.78 is 0. The first-order valence-electron chi connectivity index (χ1n) is 30.1. The quantitative estimate of drug-likeness (QED) is 0.114. The average molecular weight is 1120 g/mol. The summed E-state index contributed by atoms with van der Waals surface area (Å²) in [6.45, 7) is 0. The van der Waals surface area contributed by atoms with Gasteiger partial charge >= 0.3 is 0 Å². The SMILES string of the molecule is c1ccc2cc(N(c3ccc(-c4ccc(N(c5ccc(N(c6cccc7ccccc67)c6cccc7ccccc67)cc5)c5ccc6ccccc6c5)cc4)cc3)c3ccc(N(c4cccc5ccccc45)c4cccc5ccccc45)cc3)ccc2c1. The molecule has 0 bridgehead atoms. The second-order valence-corrected chi connectivity index (χ2v) is 22.5. The molecule has 4 heteroatoms. The van der Waals surface area contributed by atoms with Crippen LogP contribution in [-0.2, 0) is 0 Å². The van der Waals surface area contributed by atoms with Crippen LogP contribution < -0.4 is 19.6 Å². The molecule has 0 saturated heterocycles. The van der Waals surface area contributed by atoms with Crippen molar-refractivity contribution in [1.29, 1.82) is 0 Å². The highest BCUT2D eigenvalue weighted by atomic mass is 15.2. The molecule has 16 aromatic carbocycles. The van der Waals surface area contributed by atoms with Crippen LogP contribution in [0.4, 0.5) is 68.2 Å². The first-order valence-corrected chi connectivity index (χ1v) is 30.1. The monoisotopic (exact) mass is 1120 g/mol. The molecule has 0 aromatic heterocycles. The van der Waals surface area contributed by atoms with Gasteiger partial charge in [0.05, 0.1) is 22.7 Å². The van der Waals surface area contributed by atoms with Crippen LogP contribution in [0.5, 0.6) is 0 Å². The summed E-state index contributed by atoms with van der Waals surface area (Å²) in [7, 11) is 0. The van der Waals surface area contributed by atoms with E-state index in [1.807, 2.05) is 0 Å². The summed E-state index contributed by atoms with van der Waals surface area (Å²) in [5, 5.41) is 14.4. The predicted octanol–water partition coefficient (Wildman–Crippen LogP) is 24.2. The van der Waals surface area contributed by atoms with Crippen LogP contribution in [-0.4, -0.2) is 0 Å². The van der Waals surface area contributed by atoms with Gasteiger partial charge in [0.1, 0.15) is 0 Å². The number of hydrogen-bond donors (Lipinski definition) is 0. The molecule has 0 amide bonds. The Bertz CT molecular complexity index is 4720. The van der Waals surface area contributed by atoms with Crippen LogP contribution >= 0.6 is 0 Å². The predicted molar refractivity (Wildman–Crippen MR) is 376 cm³/mol. The fraction of sp³-hybridized carbons (Fsp3) is 0. The first-order chi connectivity index (χ1) is 43.6. The van der Waals surface area contributed by atoms with E-state index in [4.69, 9.17) is 0 Å². The molecule has 16 aromatic rings. The van der Waals surface area contributed by atoms with Crippen LogP contribution in [0, 0.1) is 0 Å². The van der Waals surface area contributed by atoms with Gasteiger partial charge in [-0.1, -0.05) is 231 Å². The summed E-state index contributed by atoms with van der Waals surface area (Å²) >= 11 is 0. The normalized spacial score (nSPS) is 11.4. The number of hydrogen-bond acceptors (Lipinski definition) is 4. The van der Waals surface area contributed by atoms with Crippen molar-refractivity contribution in [3.05, 3.63) is 352 Å². The maximum atomic E-state index is 2.42. The zero-order valence-electron chi connectivity index (χ0n) is 48.3. The van der Waals surface area contributed by atoms with Gasteiger partial charge in [-0.05, 0) is 176 Å². The molecular formula is C84H58N4. The molecule has 0 heterocycles. The number of nitrogens with zero attached hydrogens (tertiary/aromatic N) is 4. The molecule has 0 spiro atoms. The Kier molecular flexibility index (Phi) is 13.2. The molecule has 4 nitrogen and oxygen atoms in total. The maximum absolute atomic E-state index is 2.42. The molecule has 0 aliphatic rings. The van der Waals surface area contributed by atoms with E-state index < -0.39 is 0 Å². The van der Waals surface area contributed by atoms with E-state index in [0.717, 1.165) is 79.4 Å². The lowest BCUT2D eigenvalue weighted by molar-refractivity contribution is 1.27. The summed E-state index contributed by atoms with van der Waals surface area (Å²) in [6, 6.07) is 128. The summed E-state index contributed by atoms with van der Waals surface area (Å²) in [4.78, 5) is 9.58. The van der Waals surface area contributed by atoms with Crippen LogP contribution in [0.3, 0.4) is 0 Å². The Morgan fingerprint density at radius 3 is 0.648 bits per heavy atom. The third-order valence-electron chi connectivity index (χ3n) is 17.3. The van der Waals surface area contributed by atoms with Crippen LogP contribution in [0.25, 0.3) is 75.8 Å². The van der Waals surface area contributed by atoms with Gasteiger partial charge in [0.25, 0.3) is 0 Å². The molecule has 0 fully saturated rings. The molecule has 414 valence electrons. The van der Waals surface area contributed by atoms with Gasteiger partial charge in [0.2, 0.25) is 0 Å². The molecule has 0 N–H and O–H groups in total. The third-order valence-corrected chi connectivity index (χ3v) is 17.3. The maximum Gasteiger partial charge on any atom is 0.0540 e. The van der Waals surface area contributed by atoms with Gasteiger partial charge in [-0.2, -0.15) is 0 Å². The highest BCUT2D eigenvalue weighted by Gasteiger charge is 2.23. The second kappa shape index (κ2) is 22.4. The van der Waals surface area contributed by atoms with Crippen LogP contribution in [0.1, 0.15) is 0 Å². The van der Waals surface area contributed by atoms with Crippen molar-refractivity contribution in [3.63, 3.8) is 0 Å². The molecule has 0 radical (unpaired) electrons. The van der Waals surface area contributed by atoms with Gasteiger partial charge in [-0.3, -0.25) is 0 Å². The zero-order valence-corrected chi connectivity index (χ0v) is 48.3. The minimum absolute atomic E-state index is 1.06. The largest absolute Gasteiger partial charge is 0.310 e. The van der Waals surface area contributed by atoms with Gasteiger partial charge < -0.3 is 19.6 Å². The van der Waals surface area contributed by atoms with Crippen molar-refractivity contribution >= 4 is 133 Å². The highest BCUT2D eigenvalue weighted by molar-refractivity contribution is 6.07. The number of rotatable bonds is 13. The fourth-order valence-corrected chi connectivity index (χ4v) is 13.1. The molecule has 0 aliphatic heterocycles. The van der Waals surface area contributed by atoms with E-state index >= 15 is 0 Å². The lowest BCUT2D eigenvalue weighted by atomic mass is 10.0. The lowest BCUT2D eigenvalue weighted by Crippen LogP contribution is -2.13. The van der Waals surface area contributed by atoms with E-state index in [9.17, 15) is 0 Å². The minimum atomic E-state index is 1.06. The number of benzene rings is 16. The van der Waals surface area contributed by atoms with E-state index in [2.05, 4.69) is 371 Å².